The summed E-state index contributed by atoms with van der Waals surface area (Å²) in [6.45, 7) is 0. The minimum absolute atomic E-state index is 0.159. The highest BCUT2D eigenvalue weighted by atomic mass is 32.2. The van der Waals surface area contributed by atoms with E-state index in [4.69, 9.17) is 5.73 Å². The Kier molecular flexibility index (Phi) is 4.46. The molecule has 9 heteroatoms. The van der Waals surface area contributed by atoms with Gasteiger partial charge in [0.25, 0.3) is 0 Å². The zero-order valence-corrected chi connectivity index (χ0v) is 12.6. The Morgan fingerprint density at radius 2 is 2.00 bits per heavy atom. The van der Waals surface area contributed by atoms with Crippen LogP contribution >= 0.6 is 11.8 Å². The molecule has 0 aromatic heterocycles. The third kappa shape index (κ3) is 4.27. The lowest BCUT2D eigenvalue weighted by molar-refractivity contribution is -0.160. The Morgan fingerprint density at radius 1 is 1.33 bits per heavy atom. The molecule has 4 nitrogen and oxygen atoms in total. The molecule has 1 saturated carbocycles. The number of hydrogen-bond donors (Lipinski definition) is 2. The molecule has 3 N–H and O–H groups in total. The number of alkyl halides is 3. The number of nitrogens with two attached hydrogens (primary N) is 1. The van der Waals surface area contributed by atoms with Crippen molar-refractivity contribution in [2.24, 2.45) is 0 Å². The third-order valence-corrected chi connectivity index (χ3v) is 5.82. The smallest absolute Gasteiger partial charge is 0.399 e. The predicted octanol–water partition coefficient (Wildman–Crippen LogP) is 2.38. The molecule has 0 amide bonds. The van der Waals surface area contributed by atoms with Gasteiger partial charge in [0.05, 0.1) is 5.75 Å². The van der Waals surface area contributed by atoms with E-state index in [0.29, 0.717) is 5.69 Å². The minimum Gasteiger partial charge on any atom is -0.399 e. The van der Waals surface area contributed by atoms with Crippen LogP contribution in [0.3, 0.4) is 0 Å². The molecule has 21 heavy (non-hydrogen) atoms. The second kappa shape index (κ2) is 5.69. The molecule has 1 aromatic rings. The fourth-order valence-electron chi connectivity index (χ4n) is 1.79. The van der Waals surface area contributed by atoms with Crippen molar-refractivity contribution in [1.82, 2.24) is 4.72 Å². The van der Waals surface area contributed by atoms with Gasteiger partial charge < -0.3 is 5.73 Å². The van der Waals surface area contributed by atoms with Gasteiger partial charge in [-0.25, -0.2) is 8.42 Å². The highest BCUT2D eigenvalue weighted by molar-refractivity contribution is 8.00. The van der Waals surface area contributed by atoms with Gasteiger partial charge in [-0.05, 0) is 31.0 Å². The second-order valence-electron chi connectivity index (χ2n) is 4.92. The van der Waals surface area contributed by atoms with E-state index in [-0.39, 0.29) is 24.3 Å². The second-order valence-corrected chi connectivity index (χ2v) is 7.93. The van der Waals surface area contributed by atoms with Gasteiger partial charge in [-0.2, -0.15) is 17.9 Å². The number of rotatable bonds is 6. The van der Waals surface area contributed by atoms with Crippen molar-refractivity contribution in [2.45, 2.75) is 29.5 Å². The van der Waals surface area contributed by atoms with Gasteiger partial charge >= 0.3 is 6.18 Å². The molecule has 0 radical (unpaired) electrons. The van der Waals surface area contributed by atoms with Crippen LogP contribution in [-0.4, -0.2) is 31.6 Å². The van der Waals surface area contributed by atoms with Crippen molar-refractivity contribution >= 4 is 27.5 Å². The van der Waals surface area contributed by atoms with E-state index in [1.165, 1.54) is 11.8 Å². The van der Waals surface area contributed by atoms with E-state index in [1.807, 2.05) is 0 Å². The van der Waals surface area contributed by atoms with Crippen molar-refractivity contribution in [3.8, 4) is 0 Å². The summed E-state index contributed by atoms with van der Waals surface area (Å²) in [5.41, 5.74) is 3.90. The van der Waals surface area contributed by atoms with Crippen LogP contribution in [0, 0.1) is 0 Å². The van der Waals surface area contributed by atoms with Crippen molar-refractivity contribution < 1.29 is 21.6 Å². The van der Waals surface area contributed by atoms with Crippen LogP contribution < -0.4 is 10.5 Å². The van der Waals surface area contributed by atoms with Crippen molar-refractivity contribution in [3.05, 3.63) is 24.3 Å². The zero-order valence-electron chi connectivity index (χ0n) is 11.0. The SMILES string of the molecule is Nc1cccc(SCCS(=O)(=O)NC2(C(F)(F)F)CC2)c1. The number of thioether (sulfide) groups is 1. The maximum Gasteiger partial charge on any atom is 0.407 e. The van der Waals surface area contributed by atoms with Gasteiger partial charge in [-0.15, -0.1) is 11.8 Å². The molecule has 0 heterocycles. The van der Waals surface area contributed by atoms with Crippen LogP contribution in [0.25, 0.3) is 0 Å². The summed E-state index contributed by atoms with van der Waals surface area (Å²) < 4.78 is 63.4. The highest BCUT2D eigenvalue weighted by Crippen LogP contribution is 2.49. The Balaban J connectivity index is 1.88. The van der Waals surface area contributed by atoms with Gasteiger partial charge in [0, 0.05) is 16.3 Å². The minimum atomic E-state index is -4.54. The van der Waals surface area contributed by atoms with Gasteiger partial charge in [0.15, 0.2) is 0 Å². The first kappa shape index (κ1) is 16.4. The zero-order chi connectivity index (χ0) is 15.7. The molecule has 0 spiro atoms. The van der Waals surface area contributed by atoms with Crippen LogP contribution in [0.15, 0.2) is 29.2 Å². The van der Waals surface area contributed by atoms with Crippen LogP contribution in [0.2, 0.25) is 0 Å². The van der Waals surface area contributed by atoms with Gasteiger partial charge in [-0.3, -0.25) is 0 Å². The van der Waals surface area contributed by atoms with Gasteiger partial charge in [0.1, 0.15) is 5.54 Å². The van der Waals surface area contributed by atoms with E-state index in [1.54, 1.807) is 29.0 Å². The van der Waals surface area contributed by atoms with Gasteiger partial charge in [-0.1, -0.05) is 6.07 Å². The summed E-state index contributed by atoms with van der Waals surface area (Å²) in [7, 11) is -3.96. The van der Waals surface area contributed by atoms with E-state index in [9.17, 15) is 21.6 Å². The Morgan fingerprint density at radius 3 is 2.52 bits per heavy atom. The van der Waals surface area contributed by atoms with Crippen LogP contribution in [0.1, 0.15) is 12.8 Å². The number of sulfonamides is 1. The fraction of sp³-hybridized carbons (Fsp3) is 0.500. The lowest BCUT2D eigenvalue weighted by atomic mass is 10.3. The molecule has 0 atom stereocenters. The monoisotopic (exact) mass is 340 g/mol. The van der Waals surface area contributed by atoms with Crippen LogP contribution in [0.5, 0.6) is 0 Å². The number of nitrogen functional groups attached to an aromatic ring is 1. The molecule has 0 bridgehead atoms. The highest BCUT2D eigenvalue weighted by Gasteiger charge is 2.65. The molecule has 1 aliphatic carbocycles. The number of benzene rings is 1. The van der Waals surface area contributed by atoms with Crippen molar-refractivity contribution in [1.29, 1.82) is 0 Å². The first-order valence-electron chi connectivity index (χ1n) is 6.20. The third-order valence-electron chi connectivity index (χ3n) is 3.12. The average molecular weight is 340 g/mol. The van der Waals surface area contributed by atoms with Crippen molar-refractivity contribution in [2.75, 3.05) is 17.2 Å². The topological polar surface area (TPSA) is 72.2 Å². The first-order chi connectivity index (χ1) is 9.64. The number of halogens is 3. The standard InChI is InChI=1S/C12H15F3N2O2S2/c13-12(14,15)11(4-5-11)17-21(18,19)7-6-20-10-3-1-2-9(16)8-10/h1-3,8,17H,4-7,16H2. The summed E-state index contributed by atoms with van der Waals surface area (Å²) in [6.07, 6.45) is -4.93. The van der Waals surface area contributed by atoms with Gasteiger partial charge in [0.2, 0.25) is 10.0 Å². The summed E-state index contributed by atoms with van der Waals surface area (Å²) in [5.74, 6) is -0.211. The first-order valence-corrected chi connectivity index (χ1v) is 8.84. The molecular weight excluding hydrogens is 325 g/mol. The molecule has 0 saturated heterocycles. The number of anilines is 1. The molecule has 0 unspecified atom stereocenters. The predicted molar refractivity (Wildman–Crippen MR) is 76.5 cm³/mol. The number of nitrogens with one attached hydrogen (secondary N) is 1. The van der Waals surface area contributed by atoms with E-state index < -0.39 is 21.7 Å². The van der Waals surface area contributed by atoms with E-state index >= 15 is 0 Å². The summed E-state index contributed by atoms with van der Waals surface area (Å²) in [5, 5.41) is 0. The van der Waals surface area contributed by atoms with Crippen LogP contribution in [-0.2, 0) is 10.0 Å². The van der Waals surface area contributed by atoms with E-state index in [0.717, 1.165) is 4.90 Å². The molecule has 1 aromatic carbocycles. The molecule has 2 rings (SSSR count). The van der Waals surface area contributed by atoms with Crippen molar-refractivity contribution in [3.63, 3.8) is 0 Å². The molecular formula is C12H15F3N2O2S2. The average Bonchev–Trinajstić information content (AvgIpc) is 3.08. The Hall–Kier alpha value is -0.930. The maximum absolute atomic E-state index is 12.7. The largest absolute Gasteiger partial charge is 0.407 e. The normalized spacial score (nSPS) is 17.7. The Labute approximate surface area is 125 Å². The lowest BCUT2D eigenvalue weighted by Crippen LogP contribution is -2.48. The lowest BCUT2D eigenvalue weighted by Gasteiger charge is -2.20. The van der Waals surface area contributed by atoms with Crippen LogP contribution in [0.4, 0.5) is 18.9 Å². The maximum atomic E-state index is 12.7. The fourth-order valence-corrected chi connectivity index (χ4v) is 4.65. The Bertz CT molecular complexity index is 613. The summed E-state index contributed by atoms with van der Waals surface area (Å²) in [4.78, 5) is 0.780. The number of hydrogen-bond acceptors (Lipinski definition) is 4. The quantitative estimate of drug-likeness (QED) is 0.616. The summed E-state index contributed by atoms with van der Waals surface area (Å²) >= 11 is 1.23. The summed E-state index contributed by atoms with van der Waals surface area (Å²) in [6, 6.07) is 6.87. The molecule has 118 valence electrons. The molecule has 0 aliphatic heterocycles. The van der Waals surface area contributed by atoms with E-state index in [2.05, 4.69) is 0 Å². The molecule has 1 aliphatic rings. The molecule has 1 fully saturated rings.